The third-order valence-corrected chi connectivity index (χ3v) is 8.30. The van der Waals surface area contributed by atoms with Crippen LogP contribution in [0.15, 0.2) is 41.3 Å². The Morgan fingerprint density at radius 1 is 1.03 bits per heavy atom. The molecule has 0 unspecified atom stereocenters. The van der Waals surface area contributed by atoms with Gasteiger partial charge in [0.2, 0.25) is 10.0 Å². The Kier molecular flexibility index (Phi) is 6.46. The van der Waals surface area contributed by atoms with Gasteiger partial charge in [0.1, 0.15) is 0 Å². The van der Waals surface area contributed by atoms with Crippen molar-refractivity contribution < 1.29 is 17.9 Å². The molecule has 6 nitrogen and oxygen atoms in total. The predicted molar refractivity (Wildman–Crippen MR) is 120 cm³/mol. The van der Waals surface area contributed by atoms with E-state index >= 15 is 0 Å². The number of hydrogen-bond acceptors (Lipinski definition) is 4. The summed E-state index contributed by atoms with van der Waals surface area (Å²) in [5.41, 5.74) is 4.83. The lowest BCUT2D eigenvalue weighted by Crippen LogP contribution is -2.41. The second-order valence-corrected chi connectivity index (χ2v) is 10.3. The maximum Gasteiger partial charge on any atom is 0.251 e. The first kappa shape index (κ1) is 22.0. The topological polar surface area (TPSA) is 75.7 Å². The Morgan fingerprint density at radius 3 is 2.48 bits per heavy atom. The summed E-state index contributed by atoms with van der Waals surface area (Å²) < 4.78 is 32.9. The summed E-state index contributed by atoms with van der Waals surface area (Å²) in [5, 5.41) is 3.03. The molecular formula is C24H30N2O4S. The van der Waals surface area contributed by atoms with Crippen molar-refractivity contribution in [2.45, 2.75) is 50.5 Å². The van der Waals surface area contributed by atoms with E-state index in [1.165, 1.54) is 34.3 Å². The first-order chi connectivity index (χ1) is 14.9. The van der Waals surface area contributed by atoms with Crippen molar-refractivity contribution in [2.75, 3.05) is 26.3 Å². The minimum atomic E-state index is -3.67. The van der Waals surface area contributed by atoms with E-state index in [2.05, 4.69) is 23.5 Å². The summed E-state index contributed by atoms with van der Waals surface area (Å²) >= 11 is 0. The molecule has 0 aromatic heterocycles. The average Bonchev–Trinajstić information content (AvgIpc) is 2.79. The number of benzene rings is 2. The number of ether oxygens (including phenoxy) is 1. The van der Waals surface area contributed by atoms with E-state index in [9.17, 15) is 13.2 Å². The highest BCUT2D eigenvalue weighted by atomic mass is 32.2. The number of carbonyl (C=O) groups excluding carboxylic acids is 1. The van der Waals surface area contributed by atoms with Crippen molar-refractivity contribution in [2.24, 2.45) is 0 Å². The van der Waals surface area contributed by atoms with E-state index in [0.29, 0.717) is 37.4 Å². The monoisotopic (exact) mass is 442 g/mol. The molecule has 1 fully saturated rings. The van der Waals surface area contributed by atoms with E-state index in [4.69, 9.17) is 4.74 Å². The zero-order valence-corrected chi connectivity index (χ0v) is 19.0. The van der Waals surface area contributed by atoms with Gasteiger partial charge in [-0.3, -0.25) is 4.79 Å². The van der Waals surface area contributed by atoms with Crippen molar-refractivity contribution in [3.63, 3.8) is 0 Å². The lowest BCUT2D eigenvalue weighted by atomic mass is 9.89. The van der Waals surface area contributed by atoms with Crippen molar-refractivity contribution in [3.05, 3.63) is 64.2 Å². The van der Waals surface area contributed by atoms with E-state index in [1.54, 1.807) is 19.1 Å². The molecule has 0 bridgehead atoms. The van der Waals surface area contributed by atoms with Gasteiger partial charge < -0.3 is 10.1 Å². The van der Waals surface area contributed by atoms with Gasteiger partial charge in [0, 0.05) is 18.7 Å². The molecule has 1 aliphatic heterocycles. The standard InChI is InChI=1S/C24H30N2O4S/c1-17-7-8-22(16-23(17)31(28,29)26-11-13-30-14-12-26)24(27)25-18(2)20-10-9-19-5-3-4-6-21(19)15-20/h7-10,15-16,18H,3-6,11-14H2,1-2H3,(H,25,27)/t18-/m0/s1. The van der Waals surface area contributed by atoms with Crippen LogP contribution in [0.25, 0.3) is 0 Å². The first-order valence-electron chi connectivity index (χ1n) is 11.0. The molecule has 31 heavy (non-hydrogen) atoms. The van der Waals surface area contributed by atoms with Crippen LogP contribution in [0.3, 0.4) is 0 Å². The van der Waals surface area contributed by atoms with Gasteiger partial charge in [0.05, 0.1) is 24.2 Å². The fraction of sp³-hybridized carbons (Fsp3) is 0.458. The predicted octanol–water partition coefficient (Wildman–Crippen LogP) is 3.39. The zero-order valence-electron chi connectivity index (χ0n) is 18.2. The molecule has 0 radical (unpaired) electrons. The Bertz CT molecular complexity index is 1070. The van der Waals surface area contributed by atoms with Crippen LogP contribution in [0.1, 0.15) is 58.4 Å². The van der Waals surface area contributed by atoms with Crippen molar-refractivity contribution in [1.29, 1.82) is 0 Å². The Balaban J connectivity index is 1.53. The van der Waals surface area contributed by atoms with E-state index in [-0.39, 0.29) is 16.8 Å². The number of hydrogen-bond donors (Lipinski definition) is 1. The molecule has 1 N–H and O–H groups in total. The van der Waals surface area contributed by atoms with Gasteiger partial charge in [-0.2, -0.15) is 4.31 Å². The highest BCUT2D eigenvalue weighted by molar-refractivity contribution is 7.89. The number of aryl methyl sites for hydroxylation is 3. The van der Waals surface area contributed by atoms with Crippen LogP contribution in [-0.2, 0) is 27.6 Å². The summed E-state index contributed by atoms with van der Waals surface area (Å²) in [6, 6.07) is 11.2. The van der Waals surface area contributed by atoms with E-state index in [1.807, 2.05) is 6.92 Å². The van der Waals surface area contributed by atoms with Crippen LogP contribution >= 0.6 is 0 Å². The number of rotatable bonds is 5. The van der Waals surface area contributed by atoms with Gasteiger partial charge in [-0.15, -0.1) is 0 Å². The number of carbonyl (C=O) groups is 1. The smallest absolute Gasteiger partial charge is 0.251 e. The zero-order chi connectivity index (χ0) is 22.0. The molecule has 0 spiro atoms. The summed E-state index contributed by atoms with van der Waals surface area (Å²) in [5.74, 6) is -0.274. The fourth-order valence-electron chi connectivity index (χ4n) is 4.33. The molecule has 2 aliphatic rings. The summed E-state index contributed by atoms with van der Waals surface area (Å²) in [4.78, 5) is 13.1. The first-order valence-corrected chi connectivity index (χ1v) is 12.4. The van der Waals surface area contributed by atoms with Gasteiger partial charge in [0.15, 0.2) is 0 Å². The third-order valence-electron chi connectivity index (χ3n) is 6.26. The van der Waals surface area contributed by atoms with Crippen molar-refractivity contribution >= 4 is 15.9 Å². The molecule has 166 valence electrons. The molecule has 2 aromatic carbocycles. The van der Waals surface area contributed by atoms with Gasteiger partial charge in [-0.1, -0.05) is 24.3 Å². The molecule has 1 amide bonds. The van der Waals surface area contributed by atoms with Crippen LogP contribution in [0.2, 0.25) is 0 Å². The van der Waals surface area contributed by atoms with Crippen molar-refractivity contribution in [3.8, 4) is 0 Å². The van der Waals surface area contributed by atoms with E-state index < -0.39 is 10.0 Å². The molecule has 2 aromatic rings. The van der Waals surface area contributed by atoms with Crippen LogP contribution < -0.4 is 5.32 Å². The van der Waals surface area contributed by atoms with Gasteiger partial charge in [-0.25, -0.2) is 8.42 Å². The van der Waals surface area contributed by atoms with Gasteiger partial charge in [0.25, 0.3) is 5.91 Å². The maximum absolute atomic E-state index is 13.1. The second kappa shape index (κ2) is 9.10. The molecule has 1 heterocycles. The molecule has 7 heteroatoms. The summed E-state index contributed by atoms with van der Waals surface area (Å²) in [6.45, 7) is 5.14. The molecule has 0 saturated carbocycles. The Morgan fingerprint density at radius 2 is 1.74 bits per heavy atom. The molecule has 1 aliphatic carbocycles. The number of nitrogens with zero attached hydrogens (tertiary/aromatic N) is 1. The number of nitrogens with one attached hydrogen (secondary N) is 1. The number of morpholine rings is 1. The summed E-state index contributed by atoms with van der Waals surface area (Å²) in [7, 11) is -3.67. The summed E-state index contributed by atoms with van der Waals surface area (Å²) in [6.07, 6.45) is 4.66. The largest absolute Gasteiger partial charge is 0.379 e. The lowest BCUT2D eigenvalue weighted by Gasteiger charge is -2.27. The minimum absolute atomic E-state index is 0.166. The van der Waals surface area contributed by atoms with Crippen LogP contribution in [0, 0.1) is 6.92 Å². The van der Waals surface area contributed by atoms with Gasteiger partial charge in [-0.05, 0) is 73.9 Å². The quantitative estimate of drug-likeness (QED) is 0.770. The third kappa shape index (κ3) is 4.68. The Labute approximate surface area is 184 Å². The number of amides is 1. The SMILES string of the molecule is Cc1ccc(C(=O)N[C@@H](C)c2ccc3c(c2)CCCC3)cc1S(=O)(=O)N1CCOCC1. The highest BCUT2D eigenvalue weighted by Crippen LogP contribution is 2.26. The van der Waals surface area contributed by atoms with Crippen LogP contribution in [0.5, 0.6) is 0 Å². The van der Waals surface area contributed by atoms with Gasteiger partial charge >= 0.3 is 0 Å². The van der Waals surface area contributed by atoms with E-state index in [0.717, 1.165) is 18.4 Å². The van der Waals surface area contributed by atoms with Crippen molar-refractivity contribution in [1.82, 2.24) is 9.62 Å². The second-order valence-electron chi connectivity index (χ2n) is 8.43. The molecule has 4 rings (SSSR count). The fourth-order valence-corrected chi connectivity index (χ4v) is 5.99. The van der Waals surface area contributed by atoms with Crippen LogP contribution in [0.4, 0.5) is 0 Å². The minimum Gasteiger partial charge on any atom is -0.379 e. The Hall–Kier alpha value is -2.22. The average molecular weight is 443 g/mol. The number of sulfonamides is 1. The maximum atomic E-state index is 13.1. The number of fused-ring (bicyclic) bond motifs is 1. The van der Waals surface area contributed by atoms with Crippen LogP contribution in [-0.4, -0.2) is 44.9 Å². The molecule has 1 atom stereocenters. The molecular weight excluding hydrogens is 412 g/mol. The highest BCUT2D eigenvalue weighted by Gasteiger charge is 2.28. The molecule has 1 saturated heterocycles. The normalized spacial score (nSPS) is 18.3. The lowest BCUT2D eigenvalue weighted by molar-refractivity contribution is 0.0730.